The fourth-order valence-corrected chi connectivity index (χ4v) is 3.06. The van der Waals surface area contributed by atoms with Crippen LogP contribution in [0.1, 0.15) is 49.6 Å². The van der Waals surface area contributed by atoms with Gasteiger partial charge in [-0.15, -0.1) is 0 Å². The summed E-state index contributed by atoms with van der Waals surface area (Å²) in [5.74, 6) is 0.569. The van der Waals surface area contributed by atoms with Crippen molar-refractivity contribution in [2.24, 2.45) is 5.73 Å². The summed E-state index contributed by atoms with van der Waals surface area (Å²) < 4.78 is 2.16. The van der Waals surface area contributed by atoms with Crippen molar-refractivity contribution in [1.29, 1.82) is 0 Å². The Bertz CT molecular complexity index is 593. The van der Waals surface area contributed by atoms with Crippen LogP contribution >= 0.6 is 0 Å². The molecule has 2 heterocycles. The van der Waals surface area contributed by atoms with E-state index in [9.17, 15) is 0 Å². The summed E-state index contributed by atoms with van der Waals surface area (Å²) in [6, 6.07) is 8.91. The van der Waals surface area contributed by atoms with Crippen LogP contribution in [0, 0.1) is 0 Å². The van der Waals surface area contributed by atoms with Crippen LogP contribution in [0.25, 0.3) is 11.1 Å². The van der Waals surface area contributed by atoms with E-state index in [-0.39, 0.29) is 0 Å². The van der Waals surface area contributed by atoms with Crippen molar-refractivity contribution in [3.63, 3.8) is 0 Å². The second kappa shape index (κ2) is 5.41. The van der Waals surface area contributed by atoms with Crippen LogP contribution in [-0.4, -0.2) is 9.78 Å². The Kier molecular flexibility index (Phi) is 3.62. The molecule has 1 aliphatic heterocycles. The van der Waals surface area contributed by atoms with Gasteiger partial charge in [0.1, 0.15) is 0 Å². The number of hydrogen-bond acceptors (Lipinski definition) is 2. The number of aromatic nitrogens is 2. The molecule has 0 atom stereocenters. The highest BCUT2D eigenvalue weighted by Crippen LogP contribution is 2.32. The number of fused-ring (bicyclic) bond motifs is 1. The number of hydrogen-bond donors (Lipinski definition) is 1. The molecule has 0 unspecified atom stereocenters. The molecule has 1 aromatic heterocycles. The molecule has 0 amide bonds. The third-order valence-corrected chi connectivity index (χ3v) is 4.22. The molecule has 1 aromatic carbocycles. The average Bonchev–Trinajstić information content (AvgIpc) is 2.85. The molecule has 0 fully saturated rings. The molecule has 0 saturated carbocycles. The fourth-order valence-electron chi connectivity index (χ4n) is 3.06. The number of aryl methyl sites for hydroxylation is 1. The van der Waals surface area contributed by atoms with Gasteiger partial charge in [-0.2, -0.15) is 5.10 Å². The van der Waals surface area contributed by atoms with Crippen LogP contribution in [0.4, 0.5) is 0 Å². The van der Waals surface area contributed by atoms with E-state index in [4.69, 9.17) is 10.8 Å². The van der Waals surface area contributed by atoms with Crippen LogP contribution in [0.3, 0.4) is 0 Å². The average molecular weight is 269 g/mol. The van der Waals surface area contributed by atoms with E-state index >= 15 is 0 Å². The zero-order valence-corrected chi connectivity index (χ0v) is 12.4. The van der Waals surface area contributed by atoms with Crippen molar-refractivity contribution in [3.05, 3.63) is 41.2 Å². The van der Waals surface area contributed by atoms with Crippen molar-refractivity contribution in [2.75, 3.05) is 0 Å². The number of nitrogens with two attached hydrogens (primary N) is 1. The van der Waals surface area contributed by atoms with Gasteiger partial charge >= 0.3 is 0 Å². The Morgan fingerprint density at radius 3 is 2.60 bits per heavy atom. The monoisotopic (exact) mass is 269 g/mol. The summed E-state index contributed by atoms with van der Waals surface area (Å²) in [6.07, 6.45) is 3.60. The maximum atomic E-state index is 5.90. The predicted octanol–water partition coefficient (Wildman–Crippen LogP) is 3.47. The van der Waals surface area contributed by atoms with Crippen molar-refractivity contribution in [2.45, 2.75) is 52.1 Å². The maximum absolute atomic E-state index is 5.90. The van der Waals surface area contributed by atoms with Crippen LogP contribution in [0.2, 0.25) is 0 Å². The van der Waals surface area contributed by atoms with Gasteiger partial charge in [0, 0.05) is 24.3 Å². The quantitative estimate of drug-likeness (QED) is 0.927. The van der Waals surface area contributed by atoms with Gasteiger partial charge in [0.25, 0.3) is 0 Å². The maximum Gasteiger partial charge on any atom is 0.0841 e. The molecular formula is C17H23N3. The normalized spacial score (nSPS) is 14.6. The lowest BCUT2D eigenvalue weighted by Gasteiger charge is -2.15. The molecule has 106 valence electrons. The lowest BCUT2D eigenvalue weighted by atomic mass is 9.95. The van der Waals surface area contributed by atoms with Crippen LogP contribution in [0.5, 0.6) is 0 Å². The third-order valence-electron chi connectivity index (χ3n) is 4.22. The van der Waals surface area contributed by atoms with Gasteiger partial charge in [0.2, 0.25) is 0 Å². The first kappa shape index (κ1) is 13.4. The second-order valence-corrected chi connectivity index (χ2v) is 5.93. The molecule has 0 aliphatic carbocycles. The highest BCUT2D eigenvalue weighted by Gasteiger charge is 2.20. The molecular weight excluding hydrogens is 246 g/mol. The highest BCUT2D eigenvalue weighted by atomic mass is 15.3. The molecule has 3 rings (SSSR count). The van der Waals surface area contributed by atoms with Gasteiger partial charge in [0.15, 0.2) is 0 Å². The topological polar surface area (TPSA) is 43.8 Å². The molecule has 3 nitrogen and oxygen atoms in total. The van der Waals surface area contributed by atoms with E-state index in [1.807, 2.05) is 0 Å². The van der Waals surface area contributed by atoms with Gasteiger partial charge < -0.3 is 5.73 Å². The molecule has 1 aliphatic rings. The Morgan fingerprint density at radius 2 is 1.95 bits per heavy atom. The van der Waals surface area contributed by atoms with E-state index in [2.05, 4.69) is 42.8 Å². The van der Waals surface area contributed by atoms with E-state index in [0.717, 1.165) is 18.7 Å². The molecule has 0 spiro atoms. The summed E-state index contributed by atoms with van der Waals surface area (Å²) in [5, 5.41) is 4.69. The minimum Gasteiger partial charge on any atom is -0.325 e. The SMILES string of the molecule is CC(C)c1ccc(-c2c(CN)nn3c2CCCC3)cc1. The zero-order chi connectivity index (χ0) is 14.1. The Labute approximate surface area is 120 Å². The van der Waals surface area contributed by atoms with Gasteiger partial charge in [0.05, 0.1) is 5.69 Å². The first-order valence-corrected chi connectivity index (χ1v) is 7.59. The minimum atomic E-state index is 0.515. The van der Waals surface area contributed by atoms with Crippen LogP contribution in [-0.2, 0) is 19.5 Å². The predicted molar refractivity (Wildman–Crippen MR) is 82.6 cm³/mol. The largest absolute Gasteiger partial charge is 0.325 e. The van der Waals surface area contributed by atoms with E-state index in [0.29, 0.717) is 12.5 Å². The first-order chi connectivity index (χ1) is 9.70. The number of benzene rings is 1. The lowest BCUT2D eigenvalue weighted by molar-refractivity contribution is 0.484. The molecule has 20 heavy (non-hydrogen) atoms. The summed E-state index contributed by atoms with van der Waals surface area (Å²) in [5.41, 5.74) is 12.2. The number of nitrogens with zero attached hydrogens (tertiary/aromatic N) is 2. The van der Waals surface area contributed by atoms with Gasteiger partial charge in [-0.25, -0.2) is 0 Å². The highest BCUT2D eigenvalue weighted by molar-refractivity contribution is 5.69. The standard InChI is InChI=1S/C17H23N3/c1-12(2)13-6-8-14(9-7-13)17-15(11-18)19-20-10-4-3-5-16(17)20/h6-9,12H,3-5,10-11,18H2,1-2H3. The van der Waals surface area contributed by atoms with E-state index in [1.54, 1.807) is 0 Å². The smallest absolute Gasteiger partial charge is 0.0841 e. The van der Waals surface area contributed by atoms with E-state index < -0.39 is 0 Å². The minimum absolute atomic E-state index is 0.515. The summed E-state index contributed by atoms with van der Waals surface area (Å²) in [4.78, 5) is 0. The van der Waals surface area contributed by atoms with Crippen molar-refractivity contribution >= 4 is 0 Å². The third kappa shape index (κ3) is 2.27. The van der Waals surface area contributed by atoms with Crippen molar-refractivity contribution < 1.29 is 0 Å². The molecule has 2 aromatic rings. The molecule has 0 radical (unpaired) electrons. The van der Waals surface area contributed by atoms with Gasteiger partial charge in [-0.05, 0) is 36.3 Å². The van der Waals surface area contributed by atoms with Crippen LogP contribution < -0.4 is 5.73 Å². The second-order valence-electron chi connectivity index (χ2n) is 5.93. The summed E-state index contributed by atoms with van der Waals surface area (Å²) >= 11 is 0. The molecule has 0 bridgehead atoms. The van der Waals surface area contributed by atoms with Gasteiger partial charge in [-0.1, -0.05) is 38.1 Å². The Morgan fingerprint density at radius 1 is 1.20 bits per heavy atom. The van der Waals surface area contributed by atoms with Crippen molar-refractivity contribution in [1.82, 2.24) is 9.78 Å². The lowest BCUT2D eigenvalue weighted by Crippen LogP contribution is -2.11. The van der Waals surface area contributed by atoms with Crippen LogP contribution in [0.15, 0.2) is 24.3 Å². The van der Waals surface area contributed by atoms with Crippen molar-refractivity contribution in [3.8, 4) is 11.1 Å². The van der Waals surface area contributed by atoms with E-state index in [1.165, 1.54) is 35.2 Å². The van der Waals surface area contributed by atoms with Gasteiger partial charge in [-0.3, -0.25) is 4.68 Å². The Hall–Kier alpha value is -1.61. The number of rotatable bonds is 3. The molecule has 2 N–H and O–H groups in total. The first-order valence-electron chi connectivity index (χ1n) is 7.59. The molecule has 3 heteroatoms. The zero-order valence-electron chi connectivity index (χ0n) is 12.4. The molecule has 0 saturated heterocycles. The Balaban J connectivity index is 2.06. The fraction of sp³-hybridized carbons (Fsp3) is 0.471. The summed E-state index contributed by atoms with van der Waals surface area (Å²) in [7, 11) is 0. The summed E-state index contributed by atoms with van der Waals surface area (Å²) in [6.45, 7) is 6.00.